The van der Waals surface area contributed by atoms with Crippen LogP contribution >= 0.6 is 0 Å². The van der Waals surface area contributed by atoms with Crippen molar-refractivity contribution in [3.63, 3.8) is 0 Å². The highest BCUT2D eigenvalue weighted by atomic mass is 16.5. The molecule has 0 bridgehead atoms. The van der Waals surface area contributed by atoms with Gasteiger partial charge in [-0.25, -0.2) is 4.79 Å². The van der Waals surface area contributed by atoms with Gasteiger partial charge >= 0.3 is 5.97 Å². The molecule has 1 aliphatic rings. The van der Waals surface area contributed by atoms with Crippen molar-refractivity contribution in [3.8, 4) is 5.75 Å². The van der Waals surface area contributed by atoms with Gasteiger partial charge in [-0.1, -0.05) is 18.2 Å². The van der Waals surface area contributed by atoms with Gasteiger partial charge in [-0.2, -0.15) is 0 Å². The van der Waals surface area contributed by atoms with Crippen molar-refractivity contribution >= 4 is 17.6 Å². The second kappa shape index (κ2) is 11.5. The number of carbonyl (C=O) groups is 2. The zero-order chi connectivity index (χ0) is 22.1. The lowest BCUT2D eigenvalue weighted by Gasteiger charge is -2.34. The Kier molecular flexibility index (Phi) is 8.44. The molecule has 1 N–H and O–H groups in total. The fourth-order valence-corrected chi connectivity index (χ4v) is 3.36. The third-order valence-corrected chi connectivity index (χ3v) is 5.00. The van der Waals surface area contributed by atoms with E-state index in [1.165, 1.54) is 0 Å². The molecule has 1 fully saturated rings. The van der Waals surface area contributed by atoms with Crippen LogP contribution in [0.15, 0.2) is 54.6 Å². The first-order chi connectivity index (χ1) is 15.0. The van der Waals surface area contributed by atoms with Gasteiger partial charge in [0, 0.05) is 38.4 Å². The van der Waals surface area contributed by atoms with Gasteiger partial charge in [0.1, 0.15) is 12.4 Å². The molecular weight excluding hydrogens is 394 g/mol. The third-order valence-electron chi connectivity index (χ3n) is 5.00. The van der Waals surface area contributed by atoms with Gasteiger partial charge in [-0.3, -0.25) is 14.6 Å². The molecule has 0 aromatic heterocycles. The van der Waals surface area contributed by atoms with Crippen molar-refractivity contribution < 1.29 is 19.1 Å². The van der Waals surface area contributed by atoms with Crippen LogP contribution in [0, 0.1) is 0 Å². The Bertz CT molecular complexity index is 832. The summed E-state index contributed by atoms with van der Waals surface area (Å²) < 4.78 is 10.9. The number of ether oxygens (including phenoxy) is 2. The lowest BCUT2D eigenvalue weighted by Crippen LogP contribution is -2.49. The predicted molar refractivity (Wildman–Crippen MR) is 120 cm³/mol. The molecule has 0 aliphatic carbocycles. The number of carbonyl (C=O) groups excluding carboxylic acids is 2. The van der Waals surface area contributed by atoms with Gasteiger partial charge in [0.15, 0.2) is 0 Å². The minimum Gasteiger partial charge on any atom is -0.492 e. The predicted octanol–water partition coefficient (Wildman–Crippen LogP) is 2.89. The highest BCUT2D eigenvalue weighted by Gasteiger charge is 2.19. The SMILES string of the molecule is CC(C)OC(=O)c1ccc(NC(=O)CN2CCN(CCOc3ccccc3)CC2)cc1. The highest BCUT2D eigenvalue weighted by molar-refractivity contribution is 5.94. The van der Waals surface area contributed by atoms with Crippen LogP contribution in [0.3, 0.4) is 0 Å². The number of hydrogen-bond acceptors (Lipinski definition) is 6. The molecule has 3 rings (SSSR count). The van der Waals surface area contributed by atoms with Gasteiger partial charge in [0.2, 0.25) is 5.91 Å². The summed E-state index contributed by atoms with van der Waals surface area (Å²) in [6, 6.07) is 16.6. The van der Waals surface area contributed by atoms with Gasteiger partial charge in [0.05, 0.1) is 18.2 Å². The minimum absolute atomic E-state index is 0.0571. The van der Waals surface area contributed by atoms with Crippen LogP contribution in [-0.2, 0) is 9.53 Å². The van der Waals surface area contributed by atoms with Crippen molar-refractivity contribution in [2.24, 2.45) is 0 Å². The molecule has 0 radical (unpaired) electrons. The fraction of sp³-hybridized carbons (Fsp3) is 0.417. The van der Waals surface area contributed by atoms with Crippen molar-refractivity contribution in [3.05, 3.63) is 60.2 Å². The summed E-state index contributed by atoms with van der Waals surface area (Å²) in [7, 11) is 0. The van der Waals surface area contributed by atoms with Gasteiger partial charge in [-0.15, -0.1) is 0 Å². The van der Waals surface area contributed by atoms with E-state index in [0.29, 0.717) is 24.4 Å². The van der Waals surface area contributed by atoms with E-state index in [-0.39, 0.29) is 18.0 Å². The average Bonchev–Trinajstić information content (AvgIpc) is 2.76. The number of piperazine rings is 1. The molecule has 0 saturated carbocycles. The van der Waals surface area contributed by atoms with Crippen molar-refractivity contribution in [1.29, 1.82) is 0 Å². The van der Waals surface area contributed by atoms with Crippen LogP contribution in [-0.4, -0.2) is 73.7 Å². The van der Waals surface area contributed by atoms with E-state index < -0.39 is 0 Å². The lowest BCUT2D eigenvalue weighted by atomic mass is 10.2. The number of amides is 1. The maximum Gasteiger partial charge on any atom is 0.338 e. The number of nitrogens with one attached hydrogen (secondary N) is 1. The Morgan fingerprint density at radius 3 is 2.23 bits per heavy atom. The van der Waals surface area contributed by atoms with Crippen LogP contribution in [0.4, 0.5) is 5.69 Å². The fourth-order valence-electron chi connectivity index (χ4n) is 3.36. The summed E-state index contributed by atoms with van der Waals surface area (Å²) in [4.78, 5) is 28.8. The molecule has 31 heavy (non-hydrogen) atoms. The third kappa shape index (κ3) is 7.70. The van der Waals surface area contributed by atoms with Gasteiger partial charge in [-0.05, 0) is 50.2 Å². The standard InChI is InChI=1S/C24H31N3O4/c1-19(2)31-24(29)20-8-10-21(11-9-20)25-23(28)18-27-14-12-26(13-15-27)16-17-30-22-6-4-3-5-7-22/h3-11,19H,12-18H2,1-2H3,(H,25,28). The summed E-state index contributed by atoms with van der Waals surface area (Å²) in [5, 5.41) is 2.89. The van der Waals surface area contributed by atoms with Crippen LogP contribution in [0.5, 0.6) is 5.75 Å². The average molecular weight is 426 g/mol. The number of rotatable bonds is 9. The molecule has 1 aliphatic heterocycles. The van der Waals surface area contributed by atoms with Crippen molar-refractivity contribution in [2.45, 2.75) is 20.0 Å². The number of esters is 1. The van der Waals surface area contributed by atoms with Crippen LogP contribution in [0.1, 0.15) is 24.2 Å². The van der Waals surface area contributed by atoms with E-state index in [4.69, 9.17) is 9.47 Å². The van der Waals surface area contributed by atoms with Gasteiger partial charge in [0.25, 0.3) is 0 Å². The molecule has 7 heteroatoms. The van der Waals surface area contributed by atoms with E-state index in [1.807, 2.05) is 44.2 Å². The number of anilines is 1. The Morgan fingerprint density at radius 2 is 1.58 bits per heavy atom. The number of hydrogen-bond donors (Lipinski definition) is 1. The van der Waals surface area contributed by atoms with E-state index in [2.05, 4.69) is 15.1 Å². The van der Waals surface area contributed by atoms with Crippen molar-refractivity contribution in [1.82, 2.24) is 9.80 Å². The first-order valence-corrected chi connectivity index (χ1v) is 10.7. The van der Waals surface area contributed by atoms with E-state index in [0.717, 1.165) is 38.5 Å². The lowest BCUT2D eigenvalue weighted by molar-refractivity contribution is -0.117. The van der Waals surface area contributed by atoms with E-state index in [1.54, 1.807) is 24.3 Å². The molecule has 0 unspecified atom stereocenters. The topological polar surface area (TPSA) is 71.1 Å². The molecule has 166 valence electrons. The number of benzene rings is 2. The Balaban J connectivity index is 1.34. The largest absolute Gasteiger partial charge is 0.492 e. The smallest absolute Gasteiger partial charge is 0.338 e. The quantitative estimate of drug-likeness (QED) is 0.623. The molecule has 0 atom stereocenters. The molecule has 7 nitrogen and oxygen atoms in total. The van der Waals surface area contributed by atoms with Gasteiger partial charge < -0.3 is 14.8 Å². The first-order valence-electron chi connectivity index (χ1n) is 10.7. The Morgan fingerprint density at radius 1 is 0.935 bits per heavy atom. The second-order valence-corrected chi connectivity index (χ2v) is 7.86. The summed E-state index contributed by atoms with van der Waals surface area (Å²) in [5.74, 6) is 0.473. The molecule has 1 amide bonds. The molecule has 1 heterocycles. The maximum absolute atomic E-state index is 12.4. The molecule has 2 aromatic carbocycles. The Labute approximate surface area is 183 Å². The van der Waals surface area contributed by atoms with Crippen LogP contribution in [0.25, 0.3) is 0 Å². The molecule has 1 saturated heterocycles. The highest BCUT2D eigenvalue weighted by Crippen LogP contribution is 2.12. The van der Waals surface area contributed by atoms with Crippen LogP contribution in [0.2, 0.25) is 0 Å². The van der Waals surface area contributed by atoms with Crippen molar-refractivity contribution in [2.75, 3.05) is 51.2 Å². The maximum atomic E-state index is 12.4. The first kappa shape index (κ1) is 22.8. The summed E-state index contributed by atoms with van der Waals surface area (Å²) in [6.45, 7) is 9.03. The summed E-state index contributed by atoms with van der Waals surface area (Å²) >= 11 is 0. The number of nitrogens with zero attached hydrogens (tertiary/aromatic N) is 2. The monoisotopic (exact) mass is 425 g/mol. The second-order valence-electron chi connectivity index (χ2n) is 7.86. The molecule has 2 aromatic rings. The van der Waals surface area contributed by atoms with E-state index >= 15 is 0 Å². The van der Waals surface area contributed by atoms with Crippen LogP contribution < -0.4 is 10.1 Å². The van der Waals surface area contributed by atoms with E-state index in [9.17, 15) is 9.59 Å². The normalized spacial score (nSPS) is 14.9. The minimum atomic E-state index is -0.361. The Hall–Kier alpha value is -2.90. The summed E-state index contributed by atoms with van der Waals surface area (Å²) in [5.41, 5.74) is 1.14. The summed E-state index contributed by atoms with van der Waals surface area (Å²) in [6.07, 6.45) is -0.163. The zero-order valence-corrected chi connectivity index (χ0v) is 18.3. The number of para-hydroxylation sites is 1. The zero-order valence-electron chi connectivity index (χ0n) is 18.3. The molecular formula is C24H31N3O4. The molecule has 0 spiro atoms.